The maximum atomic E-state index is 7.06. The summed E-state index contributed by atoms with van der Waals surface area (Å²) < 4.78 is 7.06. The molecule has 3 aliphatic rings. The maximum Gasteiger partial charge on any atom is 0.198 e. The molecule has 69 heavy (non-hydrogen) atoms. The monoisotopic (exact) mass is 899 g/mol. The van der Waals surface area contributed by atoms with E-state index in [1.54, 1.807) is 0 Å². The molecule has 1 aromatic heterocycles. The van der Waals surface area contributed by atoms with Crippen LogP contribution in [0.3, 0.4) is 0 Å². The number of anilines is 5. The molecule has 0 bridgehead atoms. The molecule has 8 aromatic carbocycles. The Morgan fingerprint density at radius 1 is 0.478 bits per heavy atom. The van der Waals surface area contributed by atoms with E-state index >= 15 is 0 Å². The van der Waals surface area contributed by atoms with Crippen molar-refractivity contribution in [3.05, 3.63) is 186 Å². The van der Waals surface area contributed by atoms with Crippen LogP contribution in [0.25, 0.3) is 55.3 Å². The summed E-state index contributed by atoms with van der Waals surface area (Å²) >= 11 is 0. The Morgan fingerprint density at radius 2 is 1.01 bits per heavy atom. The zero-order chi connectivity index (χ0) is 47.6. The van der Waals surface area contributed by atoms with Crippen molar-refractivity contribution in [3.63, 3.8) is 0 Å². The third kappa shape index (κ3) is 7.16. The van der Waals surface area contributed by atoms with Gasteiger partial charge in [-0.1, -0.05) is 164 Å². The molecule has 1 aliphatic heterocycles. The van der Waals surface area contributed by atoms with E-state index in [0.29, 0.717) is 0 Å². The molecule has 342 valence electrons. The highest BCUT2D eigenvalue weighted by molar-refractivity contribution is 6.74. The van der Waals surface area contributed by atoms with Gasteiger partial charge in [0.05, 0.1) is 0 Å². The summed E-state index contributed by atoms with van der Waals surface area (Å²) in [7, 11) is 0.800. The lowest BCUT2D eigenvalue weighted by Gasteiger charge is -2.44. The molecule has 3 nitrogen and oxygen atoms in total. The van der Waals surface area contributed by atoms with Crippen LogP contribution in [0.1, 0.15) is 109 Å². The number of hydrogen-bond donors (Lipinski definition) is 1. The molecule has 12 rings (SSSR count). The largest absolute Gasteiger partial charge is 0.456 e. The molecule has 0 spiro atoms. The summed E-state index contributed by atoms with van der Waals surface area (Å²) in [5, 5.41) is 6.41. The average Bonchev–Trinajstić information content (AvgIpc) is 3.72. The molecule has 2 aliphatic carbocycles. The molecular formula is C65H63BN2O. The average molecular weight is 899 g/mol. The van der Waals surface area contributed by atoms with Crippen LogP contribution in [-0.2, 0) is 21.7 Å². The molecule has 0 fully saturated rings. The Bertz CT molecular complexity index is 3500. The number of fused-ring (bicyclic) bond motifs is 7. The van der Waals surface area contributed by atoms with Crippen LogP contribution >= 0.6 is 0 Å². The van der Waals surface area contributed by atoms with Crippen LogP contribution in [-0.4, -0.2) is 7.28 Å². The van der Waals surface area contributed by atoms with Gasteiger partial charge in [0.15, 0.2) is 7.28 Å². The van der Waals surface area contributed by atoms with Gasteiger partial charge in [-0.05, 0) is 164 Å². The lowest BCUT2D eigenvalue weighted by atomic mass is 9.54. The summed E-state index contributed by atoms with van der Waals surface area (Å²) in [5.74, 6) is 0. The molecule has 0 saturated heterocycles. The van der Waals surface area contributed by atoms with E-state index < -0.39 is 0 Å². The van der Waals surface area contributed by atoms with E-state index in [1.807, 2.05) is 0 Å². The molecule has 0 amide bonds. The van der Waals surface area contributed by atoms with Gasteiger partial charge in [0, 0.05) is 50.8 Å². The fourth-order valence-corrected chi connectivity index (χ4v) is 12.3. The number of furan rings is 1. The predicted octanol–water partition coefficient (Wildman–Crippen LogP) is 16.5. The third-order valence-corrected chi connectivity index (χ3v) is 16.7. The second kappa shape index (κ2) is 15.6. The van der Waals surface area contributed by atoms with Crippen LogP contribution in [0.15, 0.2) is 162 Å². The fourth-order valence-electron chi connectivity index (χ4n) is 12.3. The second-order valence-electron chi connectivity index (χ2n) is 23.2. The minimum atomic E-state index is -0.00438. The maximum absolute atomic E-state index is 7.06. The summed E-state index contributed by atoms with van der Waals surface area (Å²) in [6, 6.07) is 58.9. The van der Waals surface area contributed by atoms with E-state index in [0.717, 1.165) is 54.5 Å². The molecule has 1 N–H and O–H groups in total. The molecule has 0 unspecified atom stereocenters. The van der Waals surface area contributed by atoms with Crippen LogP contribution in [0.4, 0.5) is 28.4 Å². The van der Waals surface area contributed by atoms with Gasteiger partial charge in [-0.15, -0.1) is 0 Å². The van der Waals surface area contributed by atoms with Gasteiger partial charge in [-0.25, -0.2) is 0 Å². The number of rotatable bonds is 6. The zero-order valence-corrected chi connectivity index (χ0v) is 41.9. The van der Waals surface area contributed by atoms with Gasteiger partial charge in [-0.2, -0.15) is 0 Å². The molecule has 0 saturated carbocycles. The Kier molecular flexibility index (Phi) is 9.85. The minimum absolute atomic E-state index is 0.00438. The van der Waals surface area contributed by atoms with Crippen molar-refractivity contribution in [2.75, 3.05) is 10.2 Å². The Balaban J connectivity index is 1.16. The van der Waals surface area contributed by atoms with E-state index in [2.05, 4.69) is 230 Å². The van der Waals surface area contributed by atoms with Crippen molar-refractivity contribution < 1.29 is 4.42 Å². The van der Waals surface area contributed by atoms with E-state index in [9.17, 15) is 0 Å². The molecule has 4 heteroatoms. The molecule has 2 heterocycles. The smallest absolute Gasteiger partial charge is 0.198 e. The highest BCUT2D eigenvalue weighted by Gasteiger charge is 2.42. The first-order valence-corrected chi connectivity index (χ1v) is 25.3. The first-order valence-electron chi connectivity index (χ1n) is 25.3. The zero-order valence-electron chi connectivity index (χ0n) is 41.9. The summed E-state index contributed by atoms with van der Waals surface area (Å²) in [5.41, 5.74) is 24.9. The van der Waals surface area contributed by atoms with Crippen molar-refractivity contribution in [3.8, 4) is 33.4 Å². The number of para-hydroxylation sites is 1. The normalized spacial score (nSPS) is 17.1. The lowest BCUT2D eigenvalue weighted by molar-refractivity contribution is 0.332. The first-order chi connectivity index (χ1) is 33.1. The predicted molar refractivity (Wildman–Crippen MR) is 296 cm³/mol. The number of benzene rings is 8. The number of hydrogen-bond acceptors (Lipinski definition) is 3. The molecule has 0 atom stereocenters. The minimum Gasteiger partial charge on any atom is -0.456 e. The Hall–Kier alpha value is -6.78. The van der Waals surface area contributed by atoms with E-state index in [4.69, 9.17) is 4.42 Å². The van der Waals surface area contributed by atoms with Crippen molar-refractivity contribution in [2.45, 2.75) is 110 Å². The van der Waals surface area contributed by atoms with Gasteiger partial charge in [-0.3, -0.25) is 0 Å². The van der Waals surface area contributed by atoms with Crippen molar-refractivity contribution in [1.29, 1.82) is 0 Å². The van der Waals surface area contributed by atoms with Crippen LogP contribution in [0.2, 0.25) is 0 Å². The number of aryl methyl sites for hydroxylation is 1. The van der Waals surface area contributed by atoms with E-state index in [1.165, 1.54) is 101 Å². The summed E-state index contributed by atoms with van der Waals surface area (Å²) in [6.45, 7) is 21.9. The van der Waals surface area contributed by atoms with Gasteiger partial charge in [0.1, 0.15) is 11.2 Å². The van der Waals surface area contributed by atoms with Crippen LogP contribution < -0.4 is 21.1 Å². The Labute approximate surface area is 409 Å². The highest BCUT2D eigenvalue weighted by atomic mass is 16.3. The summed E-state index contributed by atoms with van der Waals surface area (Å²) in [6.07, 6.45) is 4.60. The van der Waals surface area contributed by atoms with Gasteiger partial charge >= 0.3 is 0 Å². The third-order valence-electron chi connectivity index (χ3n) is 16.7. The fraction of sp³-hybridized carbons (Fsp3) is 0.262. The quantitative estimate of drug-likeness (QED) is 0.169. The van der Waals surface area contributed by atoms with Crippen LogP contribution in [0, 0.1) is 6.92 Å². The standard InChI is InChI=1S/C65H63BN2O/c1-40-34-44(42-20-14-11-15-21-42)26-29-54(40)68-55-38-51-49(63(4,5)31-33-65(51,8)9)36-52(55)66-61-56(68)39-58-59(46-22-16-17-23-57(46)69-58)60(61)47-35-48-50(64(6,7)32-30-62(48,2)3)37-53(47)67-45-27-24-43(25-28-45)41-18-12-10-13-19-41/h10-29,34-39,66-67H,30-33H2,1-9H3. The van der Waals surface area contributed by atoms with Crippen molar-refractivity contribution in [2.24, 2.45) is 0 Å². The van der Waals surface area contributed by atoms with Crippen molar-refractivity contribution >= 4 is 68.6 Å². The number of nitrogens with one attached hydrogen (secondary N) is 1. The lowest BCUT2D eigenvalue weighted by Crippen LogP contribution is -2.44. The first kappa shape index (κ1) is 43.5. The van der Waals surface area contributed by atoms with Crippen LogP contribution in [0.5, 0.6) is 0 Å². The van der Waals surface area contributed by atoms with Gasteiger partial charge in [0.2, 0.25) is 0 Å². The van der Waals surface area contributed by atoms with Crippen molar-refractivity contribution in [1.82, 2.24) is 0 Å². The van der Waals surface area contributed by atoms with E-state index in [-0.39, 0.29) is 21.7 Å². The highest BCUT2D eigenvalue weighted by Crippen LogP contribution is 2.53. The molecule has 9 aromatic rings. The summed E-state index contributed by atoms with van der Waals surface area (Å²) in [4.78, 5) is 2.60. The second-order valence-corrected chi connectivity index (χ2v) is 23.2. The number of nitrogens with zero attached hydrogens (tertiary/aromatic N) is 1. The SMILES string of the molecule is Cc1cc(-c2ccccc2)ccc1N1c2cc3c(cc2Bc2c1cc1oc4ccccc4c1c2-c1cc2c(cc1Nc1ccc(-c4ccccc4)cc1)C(C)(C)CCC2(C)C)C(C)(C)CCC3(C)C. The Morgan fingerprint density at radius 3 is 1.65 bits per heavy atom. The topological polar surface area (TPSA) is 28.4 Å². The molecular weight excluding hydrogens is 836 g/mol. The van der Waals surface area contributed by atoms with Gasteiger partial charge in [0.25, 0.3) is 0 Å². The van der Waals surface area contributed by atoms with Gasteiger partial charge < -0.3 is 14.6 Å². The molecule has 0 radical (unpaired) electrons.